The molecule has 1 aliphatic heterocycles. The Balaban J connectivity index is 2.08. The van der Waals surface area contributed by atoms with E-state index < -0.39 is 5.91 Å². The van der Waals surface area contributed by atoms with Gasteiger partial charge in [-0.1, -0.05) is 0 Å². The summed E-state index contributed by atoms with van der Waals surface area (Å²) in [7, 11) is 1.34. The maximum absolute atomic E-state index is 12.3. The number of nitrogens with one attached hydrogen (secondary N) is 2. The van der Waals surface area contributed by atoms with Gasteiger partial charge in [-0.25, -0.2) is 10.2 Å². The van der Waals surface area contributed by atoms with E-state index in [4.69, 9.17) is 4.74 Å². The van der Waals surface area contributed by atoms with Crippen LogP contribution in [0.3, 0.4) is 0 Å². The van der Waals surface area contributed by atoms with Crippen molar-refractivity contribution in [3.63, 3.8) is 0 Å². The molecule has 1 aromatic rings. The molecule has 1 fully saturated rings. The molecule has 22 heavy (non-hydrogen) atoms. The first-order chi connectivity index (χ1) is 10.5. The molecule has 2 heterocycles. The number of ether oxygens (including phenoxy) is 1. The highest BCUT2D eigenvalue weighted by atomic mass is 16.6. The van der Waals surface area contributed by atoms with Gasteiger partial charge in [-0.05, 0) is 33.1 Å². The second-order valence-electron chi connectivity index (χ2n) is 5.22. The van der Waals surface area contributed by atoms with Gasteiger partial charge in [-0.3, -0.25) is 14.4 Å². The molecule has 2 rings (SSSR count). The number of rotatable bonds is 5. The van der Waals surface area contributed by atoms with E-state index in [-0.39, 0.29) is 18.7 Å². The summed E-state index contributed by atoms with van der Waals surface area (Å²) < 4.78 is 7.47. The van der Waals surface area contributed by atoms with Crippen LogP contribution in [0.5, 0.6) is 0 Å². The molecule has 1 aromatic heterocycles. The number of hydroxylamine groups is 1. The Kier molecular flexibility index (Phi) is 5.51. The minimum atomic E-state index is -0.422. The molecule has 2 N–H and O–H groups in total. The lowest BCUT2D eigenvalue weighted by molar-refractivity contribution is -0.130. The Morgan fingerprint density at radius 2 is 2.18 bits per heavy atom. The summed E-state index contributed by atoms with van der Waals surface area (Å²) in [4.78, 5) is 28.1. The number of carbonyl (C=O) groups excluding carboxylic acids is 2. The van der Waals surface area contributed by atoms with E-state index in [1.54, 1.807) is 11.6 Å². The smallest absolute Gasteiger partial charge is 0.262 e. The van der Waals surface area contributed by atoms with Crippen molar-refractivity contribution >= 4 is 11.8 Å². The van der Waals surface area contributed by atoms with Crippen LogP contribution in [0.2, 0.25) is 0 Å². The summed E-state index contributed by atoms with van der Waals surface area (Å²) in [5.41, 5.74) is 4.00. The zero-order chi connectivity index (χ0) is 16.1. The highest BCUT2D eigenvalue weighted by Crippen LogP contribution is 2.25. The van der Waals surface area contributed by atoms with Crippen LogP contribution < -0.4 is 10.8 Å². The van der Waals surface area contributed by atoms with E-state index in [0.717, 1.165) is 25.0 Å². The number of hydrogen-bond acceptors (Lipinski definition) is 5. The molecule has 0 saturated carbocycles. The van der Waals surface area contributed by atoms with Crippen LogP contribution in [-0.2, 0) is 14.4 Å². The van der Waals surface area contributed by atoms with E-state index >= 15 is 0 Å². The third-order valence-electron chi connectivity index (χ3n) is 3.61. The van der Waals surface area contributed by atoms with Gasteiger partial charge >= 0.3 is 0 Å². The number of carbonyl (C=O) groups is 2. The van der Waals surface area contributed by atoms with Crippen molar-refractivity contribution < 1.29 is 19.2 Å². The largest absolute Gasteiger partial charge is 0.357 e. The molecule has 2 amide bonds. The second kappa shape index (κ2) is 7.37. The predicted octanol–water partition coefficient (Wildman–Crippen LogP) is 0.606. The average molecular weight is 310 g/mol. The molecule has 1 aliphatic rings. The fraction of sp³-hybridized carbons (Fsp3) is 0.643. The van der Waals surface area contributed by atoms with Crippen LogP contribution in [0, 0.1) is 13.8 Å². The minimum absolute atomic E-state index is 0.120. The SMILES string of the molecule is CONC(=O)CNC(=O)c1c(C)nn(C2CCCCO2)c1C. The predicted molar refractivity (Wildman–Crippen MR) is 78.0 cm³/mol. The highest BCUT2D eigenvalue weighted by molar-refractivity contribution is 5.98. The van der Waals surface area contributed by atoms with Crippen LogP contribution in [0.1, 0.15) is 47.2 Å². The first-order valence-corrected chi connectivity index (χ1v) is 7.32. The number of aryl methyl sites for hydroxylation is 1. The average Bonchev–Trinajstić information content (AvgIpc) is 2.81. The van der Waals surface area contributed by atoms with E-state index in [9.17, 15) is 9.59 Å². The molecule has 1 unspecified atom stereocenters. The van der Waals surface area contributed by atoms with Crippen molar-refractivity contribution in [1.29, 1.82) is 0 Å². The number of aromatic nitrogens is 2. The zero-order valence-electron chi connectivity index (χ0n) is 13.1. The first kappa shape index (κ1) is 16.4. The van der Waals surface area contributed by atoms with Crippen LogP contribution in [-0.4, -0.2) is 41.9 Å². The topological polar surface area (TPSA) is 94.5 Å². The van der Waals surface area contributed by atoms with E-state index in [1.807, 2.05) is 6.92 Å². The minimum Gasteiger partial charge on any atom is -0.357 e. The van der Waals surface area contributed by atoms with Crippen LogP contribution >= 0.6 is 0 Å². The Morgan fingerprint density at radius 1 is 1.41 bits per heavy atom. The molecule has 1 saturated heterocycles. The van der Waals surface area contributed by atoms with Crippen LogP contribution in [0.4, 0.5) is 0 Å². The van der Waals surface area contributed by atoms with Gasteiger partial charge in [0.05, 0.1) is 30.6 Å². The monoisotopic (exact) mass is 310 g/mol. The van der Waals surface area contributed by atoms with Crippen LogP contribution in [0.25, 0.3) is 0 Å². The normalized spacial score (nSPS) is 18.0. The molecule has 0 aromatic carbocycles. The maximum atomic E-state index is 12.3. The van der Waals surface area contributed by atoms with Crippen molar-refractivity contribution in [3.8, 4) is 0 Å². The standard InChI is InChI=1S/C14H22N4O4/c1-9-13(14(20)15-8-11(19)17-21-3)10(2)18(16-9)12-6-4-5-7-22-12/h12H,4-8H2,1-3H3,(H,15,20)(H,17,19). The molecule has 0 aliphatic carbocycles. The first-order valence-electron chi connectivity index (χ1n) is 7.32. The highest BCUT2D eigenvalue weighted by Gasteiger charge is 2.24. The van der Waals surface area contributed by atoms with Gasteiger partial charge in [-0.2, -0.15) is 5.10 Å². The van der Waals surface area contributed by atoms with E-state index in [2.05, 4.69) is 20.7 Å². The summed E-state index contributed by atoms with van der Waals surface area (Å²) in [6.07, 6.45) is 2.91. The fourth-order valence-electron chi connectivity index (χ4n) is 2.59. The molecule has 0 bridgehead atoms. The molecule has 122 valence electrons. The van der Waals surface area contributed by atoms with E-state index in [0.29, 0.717) is 17.9 Å². The van der Waals surface area contributed by atoms with Gasteiger partial charge in [0.15, 0.2) is 0 Å². The van der Waals surface area contributed by atoms with Crippen molar-refractivity contribution in [2.24, 2.45) is 0 Å². The van der Waals surface area contributed by atoms with E-state index in [1.165, 1.54) is 7.11 Å². The van der Waals surface area contributed by atoms with Crippen molar-refractivity contribution in [1.82, 2.24) is 20.6 Å². The Bertz CT molecular complexity index is 549. The van der Waals surface area contributed by atoms with Crippen LogP contribution in [0.15, 0.2) is 0 Å². The molecular weight excluding hydrogens is 288 g/mol. The quantitative estimate of drug-likeness (QED) is 0.777. The molecule has 8 heteroatoms. The van der Waals surface area contributed by atoms with Gasteiger partial charge in [0, 0.05) is 6.61 Å². The van der Waals surface area contributed by atoms with Gasteiger partial charge in [0.2, 0.25) is 0 Å². The Hall–Kier alpha value is -1.93. The van der Waals surface area contributed by atoms with Gasteiger partial charge in [-0.15, -0.1) is 0 Å². The lowest BCUT2D eigenvalue weighted by atomic mass is 10.1. The van der Waals surface area contributed by atoms with Crippen molar-refractivity contribution in [2.45, 2.75) is 39.3 Å². The third kappa shape index (κ3) is 3.63. The molecule has 0 spiro atoms. The second-order valence-corrected chi connectivity index (χ2v) is 5.22. The van der Waals surface area contributed by atoms with Gasteiger partial charge < -0.3 is 10.1 Å². The summed E-state index contributed by atoms with van der Waals surface area (Å²) >= 11 is 0. The molecular formula is C14H22N4O4. The Morgan fingerprint density at radius 3 is 2.82 bits per heavy atom. The molecule has 8 nitrogen and oxygen atoms in total. The molecule has 1 atom stereocenters. The lowest BCUT2D eigenvalue weighted by Crippen LogP contribution is -2.36. The fourth-order valence-corrected chi connectivity index (χ4v) is 2.59. The summed E-state index contributed by atoms with van der Waals surface area (Å²) in [6, 6.07) is 0. The lowest BCUT2D eigenvalue weighted by Gasteiger charge is -2.24. The van der Waals surface area contributed by atoms with Gasteiger partial charge in [0.1, 0.15) is 6.23 Å². The summed E-state index contributed by atoms with van der Waals surface area (Å²) in [5.74, 6) is -0.752. The Labute approximate surface area is 129 Å². The van der Waals surface area contributed by atoms with Crippen molar-refractivity contribution in [3.05, 3.63) is 17.0 Å². The third-order valence-corrected chi connectivity index (χ3v) is 3.61. The summed E-state index contributed by atoms with van der Waals surface area (Å²) in [6.45, 7) is 4.16. The summed E-state index contributed by atoms with van der Waals surface area (Å²) in [5, 5.41) is 6.98. The zero-order valence-corrected chi connectivity index (χ0v) is 13.1. The maximum Gasteiger partial charge on any atom is 0.262 e. The number of amides is 2. The van der Waals surface area contributed by atoms with Crippen molar-refractivity contribution in [2.75, 3.05) is 20.3 Å². The number of hydrogen-bond donors (Lipinski definition) is 2. The molecule has 0 radical (unpaired) electrons. The van der Waals surface area contributed by atoms with Gasteiger partial charge in [0.25, 0.3) is 11.8 Å². The number of nitrogens with zero attached hydrogens (tertiary/aromatic N) is 2.